The maximum atomic E-state index is 6.02. The van der Waals surface area contributed by atoms with E-state index in [2.05, 4.69) is 16.4 Å². The van der Waals surface area contributed by atoms with Crippen molar-refractivity contribution < 1.29 is 9.47 Å². The van der Waals surface area contributed by atoms with Crippen LogP contribution in [0.3, 0.4) is 0 Å². The first kappa shape index (κ1) is 15.5. The number of likely N-dealkylation sites (tertiary alicyclic amines) is 1. The van der Waals surface area contributed by atoms with Gasteiger partial charge in [-0.1, -0.05) is 12.5 Å². The Balaban J connectivity index is 1.54. The van der Waals surface area contributed by atoms with Gasteiger partial charge in [-0.05, 0) is 38.8 Å². The second kappa shape index (κ2) is 7.73. The highest BCUT2D eigenvalue weighted by Gasteiger charge is 2.42. The van der Waals surface area contributed by atoms with Crippen LogP contribution in [-0.2, 0) is 9.47 Å². The molecule has 0 radical (unpaired) electrons. The quantitative estimate of drug-likeness (QED) is 0.699. The van der Waals surface area contributed by atoms with E-state index in [0.29, 0.717) is 18.8 Å². The molecule has 2 bridgehead atoms. The molecule has 0 aromatic heterocycles. The molecule has 1 aliphatic carbocycles. The van der Waals surface area contributed by atoms with Gasteiger partial charge in [0.25, 0.3) is 0 Å². The smallest absolute Gasteiger partial charge is 0.0995 e. The summed E-state index contributed by atoms with van der Waals surface area (Å²) >= 11 is 0. The molecular weight excluding hydrogens is 264 g/mol. The third-order valence-corrected chi connectivity index (χ3v) is 5.23. The summed E-state index contributed by atoms with van der Waals surface area (Å²) in [7, 11) is 0. The van der Waals surface area contributed by atoms with Gasteiger partial charge in [-0.2, -0.15) is 0 Å². The van der Waals surface area contributed by atoms with E-state index in [1.54, 1.807) is 0 Å². The van der Waals surface area contributed by atoms with Crippen LogP contribution in [0.25, 0.3) is 0 Å². The van der Waals surface area contributed by atoms with Gasteiger partial charge in [0.2, 0.25) is 0 Å². The second-order valence-electron chi connectivity index (χ2n) is 6.58. The van der Waals surface area contributed by atoms with Gasteiger partial charge in [0.1, 0.15) is 0 Å². The van der Waals surface area contributed by atoms with Crippen molar-refractivity contribution in [3.05, 3.63) is 12.7 Å². The van der Waals surface area contributed by atoms with Crippen molar-refractivity contribution in [1.82, 2.24) is 9.80 Å². The van der Waals surface area contributed by atoms with Gasteiger partial charge in [0.15, 0.2) is 0 Å². The highest BCUT2D eigenvalue weighted by atomic mass is 16.5. The van der Waals surface area contributed by atoms with Crippen LogP contribution < -0.4 is 0 Å². The Morgan fingerprint density at radius 1 is 1.10 bits per heavy atom. The first-order valence-electron chi connectivity index (χ1n) is 8.69. The standard InChI is InChI=1S/C17H30N2O2/c1-2-13-21-17-15-6-7-16(17)20-14-12-19(15)11-10-18-8-4-3-5-9-18/h2,15-17H,1,3-14H2/t15-,16-,17+/m1/s1. The van der Waals surface area contributed by atoms with Gasteiger partial charge in [0, 0.05) is 25.7 Å². The molecule has 3 rings (SSSR count). The van der Waals surface area contributed by atoms with E-state index in [9.17, 15) is 0 Å². The highest BCUT2D eigenvalue weighted by molar-refractivity contribution is 4.96. The zero-order chi connectivity index (χ0) is 14.5. The Labute approximate surface area is 129 Å². The molecule has 1 saturated carbocycles. The lowest BCUT2D eigenvalue weighted by molar-refractivity contribution is -0.0446. The van der Waals surface area contributed by atoms with Crippen LogP contribution >= 0.6 is 0 Å². The van der Waals surface area contributed by atoms with E-state index >= 15 is 0 Å². The lowest BCUT2D eigenvalue weighted by Crippen LogP contribution is -2.47. The lowest BCUT2D eigenvalue weighted by atomic mass is 10.1. The minimum atomic E-state index is 0.242. The predicted molar refractivity (Wildman–Crippen MR) is 84.6 cm³/mol. The Morgan fingerprint density at radius 3 is 2.76 bits per heavy atom. The van der Waals surface area contributed by atoms with Crippen molar-refractivity contribution in [2.75, 3.05) is 45.9 Å². The van der Waals surface area contributed by atoms with Crippen molar-refractivity contribution in [1.29, 1.82) is 0 Å². The van der Waals surface area contributed by atoms with Crippen molar-refractivity contribution in [3.8, 4) is 0 Å². The molecule has 2 saturated heterocycles. The summed E-state index contributed by atoms with van der Waals surface area (Å²) in [5.41, 5.74) is 0. The molecule has 2 heterocycles. The molecule has 0 N–H and O–H groups in total. The van der Waals surface area contributed by atoms with Crippen molar-refractivity contribution >= 4 is 0 Å². The average Bonchev–Trinajstić information content (AvgIpc) is 2.82. The average molecular weight is 294 g/mol. The Kier molecular flexibility index (Phi) is 5.69. The van der Waals surface area contributed by atoms with Gasteiger partial charge < -0.3 is 14.4 Å². The van der Waals surface area contributed by atoms with Gasteiger partial charge >= 0.3 is 0 Å². The number of nitrogens with zero attached hydrogens (tertiary/aromatic N) is 2. The minimum Gasteiger partial charge on any atom is -0.374 e. The fraction of sp³-hybridized carbons (Fsp3) is 0.882. The number of hydrogen-bond acceptors (Lipinski definition) is 4. The monoisotopic (exact) mass is 294 g/mol. The Bertz CT molecular complexity index is 331. The van der Waals surface area contributed by atoms with Crippen molar-refractivity contribution in [2.45, 2.75) is 50.4 Å². The van der Waals surface area contributed by atoms with E-state index in [1.807, 2.05) is 6.08 Å². The number of piperidine rings is 1. The zero-order valence-corrected chi connectivity index (χ0v) is 13.2. The van der Waals surface area contributed by atoms with Crippen LogP contribution in [0.15, 0.2) is 12.7 Å². The van der Waals surface area contributed by atoms with Gasteiger partial charge in [-0.25, -0.2) is 0 Å². The number of rotatable bonds is 6. The topological polar surface area (TPSA) is 24.9 Å². The second-order valence-corrected chi connectivity index (χ2v) is 6.58. The zero-order valence-electron chi connectivity index (χ0n) is 13.2. The van der Waals surface area contributed by atoms with Crippen LogP contribution in [0.4, 0.5) is 0 Å². The number of fused-ring (bicyclic) bond motifs is 2. The highest BCUT2D eigenvalue weighted by Crippen LogP contribution is 2.31. The van der Waals surface area contributed by atoms with Crippen molar-refractivity contribution in [2.24, 2.45) is 0 Å². The third kappa shape index (κ3) is 3.86. The molecule has 21 heavy (non-hydrogen) atoms. The summed E-state index contributed by atoms with van der Waals surface area (Å²) in [6.45, 7) is 11.3. The largest absolute Gasteiger partial charge is 0.374 e. The van der Waals surface area contributed by atoms with Crippen LogP contribution in [0.5, 0.6) is 0 Å². The summed E-state index contributed by atoms with van der Waals surface area (Å²) in [5.74, 6) is 0. The van der Waals surface area contributed by atoms with E-state index in [0.717, 1.165) is 26.1 Å². The molecular formula is C17H30N2O2. The molecule has 0 aromatic rings. The molecule has 4 nitrogen and oxygen atoms in total. The van der Waals surface area contributed by atoms with E-state index in [-0.39, 0.29) is 6.10 Å². The summed E-state index contributed by atoms with van der Waals surface area (Å²) in [6.07, 6.45) is 8.92. The van der Waals surface area contributed by atoms with E-state index in [4.69, 9.17) is 9.47 Å². The lowest BCUT2D eigenvalue weighted by Gasteiger charge is -2.34. The first-order chi connectivity index (χ1) is 10.4. The summed E-state index contributed by atoms with van der Waals surface area (Å²) < 4.78 is 12.0. The molecule has 3 atom stereocenters. The van der Waals surface area contributed by atoms with Gasteiger partial charge in [0.05, 0.1) is 25.4 Å². The predicted octanol–water partition coefficient (Wildman–Crippen LogP) is 1.91. The third-order valence-electron chi connectivity index (χ3n) is 5.23. The normalized spacial score (nSPS) is 34.8. The fourth-order valence-corrected chi connectivity index (χ4v) is 4.10. The molecule has 0 aromatic carbocycles. The van der Waals surface area contributed by atoms with E-state index < -0.39 is 0 Å². The minimum absolute atomic E-state index is 0.242. The number of ether oxygens (including phenoxy) is 2. The maximum absolute atomic E-state index is 6.02. The molecule has 2 aliphatic heterocycles. The summed E-state index contributed by atoms with van der Waals surface area (Å²) in [5, 5.41) is 0. The molecule has 0 unspecified atom stereocenters. The van der Waals surface area contributed by atoms with Gasteiger partial charge in [-0.3, -0.25) is 4.90 Å². The molecule has 0 amide bonds. The molecule has 3 fully saturated rings. The summed E-state index contributed by atoms with van der Waals surface area (Å²) in [6, 6.07) is 0.544. The molecule has 0 spiro atoms. The Morgan fingerprint density at radius 2 is 1.95 bits per heavy atom. The van der Waals surface area contributed by atoms with Crippen LogP contribution in [0, 0.1) is 0 Å². The van der Waals surface area contributed by atoms with Crippen molar-refractivity contribution in [3.63, 3.8) is 0 Å². The Hall–Kier alpha value is -0.420. The molecule has 4 heteroatoms. The molecule has 3 aliphatic rings. The SMILES string of the molecule is C=CCO[C@H]1[C@H]2CC[C@H]1OCCN2CCN1CCCCC1. The van der Waals surface area contributed by atoms with Crippen LogP contribution in [0.1, 0.15) is 32.1 Å². The fourth-order valence-electron chi connectivity index (χ4n) is 4.10. The molecule has 120 valence electrons. The van der Waals surface area contributed by atoms with E-state index in [1.165, 1.54) is 45.3 Å². The first-order valence-corrected chi connectivity index (χ1v) is 8.69. The summed E-state index contributed by atoms with van der Waals surface area (Å²) in [4.78, 5) is 5.25. The number of hydrogen-bond donors (Lipinski definition) is 0. The van der Waals surface area contributed by atoms with Crippen LogP contribution in [-0.4, -0.2) is 74.0 Å². The maximum Gasteiger partial charge on any atom is 0.0995 e. The van der Waals surface area contributed by atoms with Crippen LogP contribution in [0.2, 0.25) is 0 Å². The van der Waals surface area contributed by atoms with Gasteiger partial charge in [-0.15, -0.1) is 6.58 Å².